The van der Waals surface area contributed by atoms with E-state index in [1.54, 1.807) is 7.11 Å². The van der Waals surface area contributed by atoms with Crippen LogP contribution in [0.3, 0.4) is 0 Å². The van der Waals surface area contributed by atoms with Gasteiger partial charge in [0.25, 0.3) is 0 Å². The summed E-state index contributed by atoms with van der Waals surface area (Å²) in [6.45, 7) is 6.06. The highest BCUT2D eigenvalue weighted by atomic mass is 16.5. The Morgan fingerprint density at radius 1 is 1.27 bits per heavy atom. The minimum atomic E-state index is -0.239. The molecule has 0 aliphatic heterocycles. The van der Waals surface area contributed by atoms with Gasteiger partial charge in [-0.05, 0) is 43.4 Å². The molecule has 2 nitrogen and oxygen atoms in total. The Morgan fingerprint density at radius 2 is 1.80 bits per heavy atom. The SMILES string of the molecule is CC[C@H](O)Cc1cc(C)c(OC)c(C)c1. The number of aliphatic hydroxyl groups is 1. The van der Waals surface area contributed by atoms with Crippen molar-refractivity contribution in [3.05, 3.63) is 28.8 Å². The summed E-state index contributed by atoms with van der Waals surface area (Å²) in [6, 6.07) is 4.18. The zero-order valence-electron chi connectivity index (χ0n) is 10.0. The highest BCUT2D eigenvalue weighted by molar-refractivity contribution is 5.43. The van der Waals surface area contributed by atoms with Crippen LogP contribution in [0.2, 0.25) is 0 Å². The number of hydrogen-bond donors (Lipinski definition) is 1. The van der Waals surface area contributed by atoms with Crippen LogP contribution in [0.5, 0.6) is 5.75 Å². The second-order valence-electron chi connectivity index (χ2n) is 4.03. The molecule has 15 heavy (non-hydrogen) atoms. The second-order valence-corrected chi connectivity index (χ2v) is 4.03. The molecule has 0 amide bonds. The van der Waals surface area contributed by atoms with Crippen LogP contribution >= 0.6 is 0 Å². The van der Waals surface area contributed by atoms with Crippen molar-refractivity contribution in [1.82, 2.24) is 0 Å². The average Bonchev–Trinajstić information content (AvgIpc) is 2.17. The normalized spacial score (nSPS) is 12.6. The Kier molecular flexibility index (Phi) is 4.15. The van der Waals surface area contributed by atoms with E-state index in [4.69, 9.17) is 4.74 Å². The molecule has 0 radical (unpaired) electrons. The maximum atomic E-state index is 9.59. The van der Waals surface area contributed by atoms with E-state index < -0.39 is 0 Å². The van der Waals surface area contributed by atoms with E-state index in [0.29, 0.717) is 0 Å². The molecule has 0 aliphatic carbocycles. The first-order valence-corrected chi connectivity index (χ1v) is 5.40. The van der Waals surface area contributed by atoms with Crippen LogP contribution in [0.15, 0.2) is 12.1 Å². The van der Waals surface area contributed by atoms with Crippen molar-refractivity contribution in [3.63, 3.8) is 0 Å². The third-order valence-corrected chi connectivity index (χ3v) is 2.67. The van der Waals surface area contributed by atoms with E-state index in [-0.39, 0.29) is 6.10 Å². The fraction of sp³-hybridized carbons (Fsp3) is 0.538. The second kappa shape index (κ2) is 5.17. The van der Waals surface area contributed by atoms with Crippen LogP contribution in [0.25, 0.3) is 0 Å². The molecule has 0 aliphatic rings. The largest absolute Gasteiger partial charge is 0.496 e. The van der Waals surface area contributed by atoms with Gasteiger partial charge in [0.1, 0.15) is 5.75 Å². The molecule has 1 aromatic rings. The van der Waals surface area contributed by atoms with E-state index in [0.717, 1.165) is 29.7 Å². The van der Waals surface area contributed by atoms with Gasteiger partial charge in [0.15, 0.2) is 0 Å². The molecule has 0 spiro atoms. The molecule has 0 fully saturated rings. The lowest BCUT2D eigenvalue weighted by atomic mass is 10.0. The summed E-state index contributed by atoms with van der Waals surface area (Å²) in [4.78, 5) is 0. The van der Waals surface area contributed by atoms with Crippen LogP contribution in [0.1, 0.15) is 30.0 Å². The third kappa shape index (κ3) is 2.96. The molecular weight excluding hydrogens is 188 g/mol. The van der Waals surface area contributed by atoms with E-state index in [1.165, 1.54) is 5.56 Å². The molecule has 0 heterocycles. The standard InChI is InChI=1S/C13H20O2/c1-5-12(14)8-11-6-9(2)13(15-4)10(3)7-11/h6-7,12,14H,5,8H2,1-4H3/t12-/m0/s1. The quantitative estimate of drug-likeness (QED) is 0.824. The van der Waals surface area contributed by atoms with Crippen molar-refractivity contribution in [2.24, 2.45) is 0 Å². The van der Waals surface area contributed by atoms with Gasteiger partial charge in [-0.1, -0.05) is 19.1 Å². The minimum Gasteiger partial charge on any atom is -0.496 e. The molecule has 0 saturated heterocycles. The maximum Gasteiger partial charge on any atom is 0.124 e. The highest BCUT2D eigenvalue weighted by Crippen LogP contribution is 2.24. The topological polar surface area (TPSA) is 29.5 Å². The number of ether oxygens (including phenoxy) is 1. The van der Waals surface area contributed by atoms with E-state index in [2.05, 4.69) is 12.1 Å². The minimum absolute atomic E-state index is 0.239. The molecule has 84 valence electrons. The first-order chi connectivity index (χ1) is 7.08. The molecule has 0 aromatic heterocycles. The van der Waals surface area contributed by atoms with Gasteiger partial charge in [0.2, 0.25) is 0 Å². The van der Waals surface area contributed by atoms with Gasteiger partial charge in [-0.3, -0.25) is 0 Å². The van der Waals surface area contributed by atoms with Gasteiger partial charge in [0, 0.05) is 0 Å². The monoisotopic (exact) mass is 208 g/mol. The molecular formula is C13H20O2. The molecule has 2 heteroatoms. The first kappa shape index (κ1) is 12.1. The van der Waals surface area contributed by atoms with Crippen LogP contribution in [0, 0.1) is 13.8 Å². The molecule has 1 rings (SSSR count). The number of aryl methyl sites for hydroxylation is 2. The summed E-state index contributed by atoms with van der Waals surface area (Å²) in [5, 5.41) is 9.59. The lowest BCUT2D eigenvalue weighted by Gasteiger charge is -2.13. The molecule has 1 aromatic carbocycles. The summed E-state index contributed by atoms with van der Waals surface area (Å²) >= 11 is 0. The van der Waals surface area contributed by atoms with Gasteiger partial charge in [-0.25, -0.2) is 0 Å². The van der Waals surface area contributed by atoms with Crippen molar-refractivity contribution in [2.75, 3.05) is 7.11 Å². The average molecular weight is 208 g/mol. The molecule has 0 unspecified atom stereocenters. The fourth-order valence-electron chi connectivity index (χ4n) is 1.90. The van der Waals surface area contributed by atoms with Gasteiger partial charge < -0.3 is 9.84 Å². The smallest absolute Gasteiger partial charge is 0.124 e. The summed E-state index contributed by atoms with van der Waals surface area (Å²) < 4.78 is 5.30. The Labute approximate surface area is 91.9 Å². The summed E-state index contributed by atoms with van der Waals surface area (Å²) in [5.74, 6) is 0.949. The fourth-order valence-corrected chi connectivity index (χ4v) is 1.90. The lowest BCUT2D eigenvalue weighted by molar-refractivity contribution is 0.171. The number of aliphatic hydroxyl groups excluding tert-OH is 1. The van der Waals surface area contributed by atoms with Crippen LogP contribution in [-0.4, -0.2) is 18.3 Å². The summed E-state index contributed by atoms with van der Waals surface area (Å²) in [7, 11) is 1.69. The van der Waals surface area contributed by atoms with Crippen LogP contribution in [0.4, 0.5) is 0 Å². The number of rotatable bonds is 4. The van der Waals surface area contributed by atoms with Crippen LogP contribution in [-0.2, 0) is 6.42 Å². The lowest BCUT2D eigenvalue weighted by Crippen LogP contribution is -2.09. The summed E-state index contributed by atoms with van der Waals surface area (Å²) in [5.41, 5.74) is 3.45. The summed E-state index contributed by atoms with van der Waals surface area (Å²) in [6.07, 6.45) is 1.28. The van der Waals surface area contributed by atoms with Gasteiger partial charge in [-0.15, -0.1) is 0 Å². The highest BCUT2D eigenvalue weighted by Gasteiger charge is 2.08. The number of methoxy groups -OCH3 is 1. The Morgan fingerprint density at radius 3 is 2.20 bits per heavy atom. The third-order valence-electron chi connectivity index (χ3n) is 2.67. The number of hydrogen-bond acceptors (Lipinski definition) is 2. The first-order valence-electron chi connectivity index (χ1n) is 5.40. The van der Waals surface area contributed by atoms with E-state index in [1.807, 2.05) is 20.8 Å². The van der Waals surface area contributed by atoms with Gasteiger partial charge in [-0.2, -0.15) is 0 Å². The van der Waals surface area contributed by atoms with Crippen molar-refractivity contribution in [1.29, 1.82) is 0 Å². The van der Waals surface area contributed by atoms with Crippen LogP contribution < -0.4 is 4.74 Å². The predicted octanol–water partition coefficient (Wildman–Crippen LogP) is 2.63. The zero-order valence-corrected chi connectivity index (χ0v) is 10.0. The maximum absolute atomic E-state index is 9.59. The van der Waals surface area contributed by atoms with Crippen molar-refractivity contribution in [2.45, 2.75) is 39.7 Å². The Bertz CT molecular complexity index is 308. The van der Waals surface area contributed by atoms with Crippen molar-refractivity contribution in [3.8, 4) is 5.75 Å². The molecule has 1 atom stereocenters. The molecule has 0 saturated carbocycles. The predicted molar refractivity (Wildman–Crippen MR) is 62.5 cm³/mol. The number of benzene rings is 1. The Hall–Kier alpha value is -1.02. The zero-order chi connectivity index (χ0) is 11.4. The van der Waals surface area contributed by atoms with Gasteiger partial charge >= 0.3 is 0 Å². The van der Waals surface area contributed by atoms with E-state index >= 15 is 0 Å². The van der Waals surface area contributed by atoms with Crippen molar-refractivity contribution < 1.29 is 9.84 Å². The van der Waals surface area contributed by atoms with Crippen molar-refractivity contribution >= 4 is 0 Å². The molecule has 0 bridgehead atoms. The van der Waals surface area contributed by atoms with E-state index in [9.17, 15) is 5.11 Å². The molecule has 1 N–H and O–H groups in total. The Balaban J connectivity index is 2.93. The van der Waals surface area contributed by atoms with Gasteiger partial charge in [0.05, 0.1) is 13.2 Å².